The van der Waals surface area contributed by atoms with Crippen LogP contribution in [-0.4, -0.2) is 44.8 Å². The van der Waals surface area contributed by atoms with E-state index < -0.39 is 6.09 Å². The van der Waals surface area contributed by atoms with Gasteiger partial charge in [0.05, 0.1) is 18.7 Å². The van der Waals surface area contributed by atoms with Crippen molar-refractivity contribution in [1.29, 1.82) is 0 Å². The fourth-order valence-electron chi connectivity index (χ4n) is 3.24. The van der Waals surface area contributed by atoms with Gasteiger partial charge in [0.15, 0.2) is 5.96 Å². The summed E-state index contributed by atoms with van der Waals surface area (Å²) in [7, 11) is 1.35. The number of ether oxygens (including phenoxy) is 1. The summed E-state index contributed by atoms with van der Waals surface area (Å²) < 4.78 is 4.60. The second kappa shape index (κ2) is 10.7. The molecule has 3 rings (SSSR count). The minimum Gasteiger partial charge on any atom is -0.453 e. The molecule has 8 heteroatoms. The Morgan fingerprint density at radius 2 is 2.00 bits per heavy atom. The maximum absolute atomic E-state index is 11.3. The highest BCUT2D eigenvalue weighted by Gasteiger charge is 2.20. The van der Waals surface area contributed by atoms with E-state index in [4.69, 9.17) is 4.99 Å². The second-order valence-corrected chi connectivity index (χ2v) is 7.79. The first kappa shape index (κ1) is 21.0. The summed E-state index contributed by atoms with van der Waals surface area (Å²) >= 11 is 1.80. The molecular formula is C21H29N5O2S. The normalized spacial score (nSPS) is 15.1. The number of thiophene rings is 1. The Labute approximate surface area is 176 Å². The van der Waals surface area contributed by atoms with Crippen LogP contribution in [0.3, 0.4) is 0 Å². The molecule has 0 spiro atoms. The van der Waals surface area contributed by atoms with Gasteiger partial charge in [0.2, 0.25) is 0 Å². The molecule has 1 aliphatic rings. The van der Waals surface area contributed by atoms with Crippen molar-refractivity contribution in [3.05, 3.63) is 47.3 Å². The first-order valence-corrected chi connectivity index (χ1v) is 10.8. The lowest BCUT2D eigenvalue weighted by atomic mass is 10.1. The van der Waals surface area contributed by atoms with E-state index in [2.05, 4.69) is 50.0 Å². The summed E-state index contributed by atoms with van der Waals surface area (Å²) in [6, 6.07) is 12.3. The highest BCUT2D eigenvalue weighted by molar-refractivity contribution is 7.14. The number of hydrogen-bond donors (Lipinski definition) is 3. The number of hydrogen-bond acceptors (Lipinski definition) is 5. The second-order valence-electron chi connectivity index (χ2n) is 6.87. The number of amides is 1. The Morgan fingerprint density at radius 3 is 2.62 bits per heavy atom. The fourth-order valence-corrected chi connectivity index (χ4v) is 4.03. The molecule has 1 amide bonds. The van der Waals surface area contributed by atoms with Crippen molar-refractivity contribution in [3.8, 4) is 0 Å². The molecule has 0 saturated carbocycles. The molecule has 1 aliphatic heterocycles. The van der Waals surface area contributed by atoms with Crippen LogP contribution in [0.4, 0.5) is 15.5 Å². The minimum absolute atomic E-state index is 0.427. The SMILES string of the molecule is CCNC(=NCc1ccc(NC(=O)OC)cc1)NC1CCN(c2cccs2)CC1. The average Bonchev–Trinajstić information content (AvgIpc) is 3.28. The van der Waals surface area contributed by atoms with Crippen LogP contribution in [0.25, 0.3) is 0 Å². The molecule has 1 aromatic heterocycles. The number of aliphatic imine (C=N–C) groups is 1. The zero-order chi connectivity index (χ0) is 20.5. The van der Waals surface area contributed by atoms with Crippen molar-refractivity contribution in [3.63, 3.8) is 0 Å². The largest absolute Gasteiger partial charge is 0.453 e. The number of nitrogens with zero attached hydrogens (tertiary/aromatic N) is 2. The summed E-state index contributed by atoms with van der Waals surface area (Å²) in [4.78, 5) is 18.4. The standard InChI is InChI=1S/C21H29N5O2S/c1-3-22-20(23-15-16-6-8-17(9-7-16)25-21(27)28-2)24-18-10-12-26(13-11-18)19-5-4-14-29-19/h4-9,14,18H,3,10-13,15H2,1-2H3,(H,25,27)(H2,22,23,24). The lowest BCUT2D eigenvalue weighted by Gasteiger charge is -2.33. The van der Waals surface area contributed by atoms with Gasteiger partial charge in [0.1, 0.15) is 0 Å². The van der Waals surface area contributed by atoms with E-state index in [1.54, 1.807) is 11.3 Å². The zero-order valence-corrected chi connectivity index (χ0v) is 17.8. The van der Waals surface area contributed by atoms with Crippen molar-refractivity contribution in [2.24, 2.45) is 4.99 Å². The molecule has 1 fully saturated rings. The van der Waals surface area contributed by atoms with E-state index in [1.807, 2.05) is 24.3 Å². The third-order valence-electron chi connectivity index (χ3n) is 4.80. The van der Waals surface area contributed by atoms with E-state index >= 15 is 0 Å². The number of carbonyl (C=O) groups is 1. The van der Waals surface area contributed by atoms with Gasteiger partial charge in [-0.15, -0.1) is 11.3 Å². The molecule has 1 aromatic carbocycles. The van der Waals surface area contributed by atoms with E-state index in [-0.39, 0.29) is 0 Å². The predicted molar refractivity (Wildman–Crippen MR) is 120 cm³/mol. The smallest absolute Gasteiger partial charge is 0.411 e. The van der Waals surface area contributed by atoms with Crippen LogP contribution in [-0.2, 0) is 11.3 Å². The van der Waals surface area contributed by atoms with Crippen molar-refractivity contribution in [2.45, 2.75) is 32.4 Å². The number of benzene rings is 1. The number of piperidine rings is 1. The van der Waals surface area contributed by atoms with Gasteiger partial charge in [-0.05, 0) is 55.0 Å². The van der Waals surface area contributed by atoms with Crippen LogP contribution in [0.2, 0.25) is 0 Å². The minimum atomic E-state index is -0.473. The monoisotopic (exact) mass is 415 g/mol. The molecule has 2 aromatic rings. The number of rotatable bonds is 6. The summed E-state index contributed by atoms with van der Waals surface area (Å²) in [5.41, 5.74) is 1.78. The Hall–Kier alpha value is -2.74. The first-order chi connectivity index (χ1) is 14.2. The number of methoxy groups -OCH3 is 1. The van der Waals surface area contributed by atoms with Gasteiger partial charge in [-0.2, -0.15) is 0 Å². The van der Waals surface area contributed by atoms with Crippen LogP contribution in [0.15, 0.2) is 46.8 Å². The van der Waals surface area contributed by atoms with E-state index in [0.29, 0.717) is 18.3 Å². The van der Waals surface area contributed by atoms with Crippen molar-refractivity contribution < 1.29 is 9.53 Å². The fraction of sp³-hybridized carbons (Fsp3) is 0.429. The molecule has 3 N–H and O–H groups in total. The Kier molecular flexibility index (Phi) is 7.75. The first-order valence-electron chi connectivity index (χ1n) is 9.95. The number of nitrogens with one attached hydrogen (secondary N) is 3. The van der Waals surface area contributed by atoms with Gasteiger partial charge in [0.25, 0.3) is 0 Å². The molecule has 1 saturated heterocycles. The highest BCUT2D eigenvalue weighted by Crippen LogP contribution is 2.24. The maximum Gasteiger partial charge on any atom is 0.411 e. The summed E-state index contributed by atoms with van der Waals surface area (Å²) in [6.07, 6.45) is 1.71. The van der Waals surface area contributed by atoms with Crippen LogP contribution in [0.1, 0.15) is 25.3 Å². The molecular weight excluding hydrogens is 386 g/mol. The Morgan fingerprint density at radius 1 is 1.24 bits per heavy atom. The van der Waals surface area contributed by atoms with Crippen molar-refractivity contribution in [1.82, 2.24) is 10.6 Å². The third kappa shape index (κ3) is 6.39. The van der Waals surface area contributed by atoms with Crippen LogP contribution in [0, 0.1) is 0 Å². The predicted octanol–water partition coefficient (Wildman–Crippen LogP) is 3.65. The quantitative estimate of drug-likeness (QED) is 0.496. The molecule has 0 bridgehead atoms. The molecule has 29 heavy (non-hydrogen) atoms. The summed E-state index contributed by atoms with van der Waals surface area (Å²) in [6.45, 7) is 5.59. The Bertz CT molecular complexity index is 784. The van der Waals surface area contributed by atoms with Crippen LogP contribution >= 0.6 is 11.3 Å². The summed E-state index contributed by atoms with van der Waals surface area (Å²) in [5.74, 6) is 0.846. The van der Waals surface area contributed by atoms with Gasteiger partial charge in [-0.25, -0.2) is 9.79 Å². The summed E-state index contributed by atoms with van der Waals surface area (Å²) in [5, 5.41) is 13.1. The van der Waals surface area contributed by atoms with Gasteiger partial charge in [-0.1, -0.05) is 12.1 Å². The van der Waals surface area contributed by atoms with E-state index in [1.165, 1.54) is 12.1 Å². The molecule has 7 nitrogen and oxygen atoms in total. The molecule has 0 unspecified atom stereocenters. The lowest BCUT2D eigenvalue weighted by molar-refractivity contribution is 0.187. The number of anilines is 2. The molecule has 0 atom stereocenters. The maximum atomic E-state index is 11.3. The zero-order valence-electron chi connectivity index (χ0n) is 17.0. The van der Waals surface area contributed by atoms with E-state index in [9.17, 15) is 4.79 Å². The molecule has 0 radical (unpaired) electrons. The molecule has 156 valence electrons. The van der Waals surface area contributed by atoms with Crippen molar-refractivity contribution in [2.75, 3.05) is 37.0 Å². The molecule has 2 heterocycles. The Balaban J connectivity index is 1.51. The topological polar surface area (TPSA) is 78.0 Å². The van der Waals surface area contributed by atoms with Crippen LogP contribution in [0.5, 0.6) is 0 Å². The van der Waals surface area contributed by atoms with Gasteiger partial charge >= 0.3 is 6.09 Å². The third-order valence-corrected chi connectivity index (χ3v) is 5.73. The number of carbonyl (C=O) groups excluding carboxylic acids is 1. The van der Waals surface area contributed by atoms with E-state index in [0.717, 1.165) is 44.0 Å². The van der Waals surface area contributed by atoms with Crippen LogP contribution < -0.4 is 20.9 Å². The number of guanidine groups is 1. The lowest BCUT2D eigenvalue weighted by Crippen LogP contribution is -2.48. The van der Waals surface area contributed by atoms with Crippen molar-refractivity contribution >= 4 is 34.1 Å². The average molecular weight is 416 g/mol. The van der Waals surface area contributed by atoms with Gasteiger partial charge in [-0.3, -0.25) is 5.32 Å². The van der Waals surface area contributed by atoms with Gasteiger partial charge < -0.3 is 20.3 Å². The molecule has 0 aliphatic carbocycles. The van der Waals surface area contributed by atoms with Gasteiger partial charge in [0, 0.05) is 31.4 Å². The highest BCUT2D eigenvalue weighted by atomic mass is 32.1.